The molecule has 1 N–H and O–H groups in total. The van der Waals surface area contributed by atoms with Crippen LogP contribution in [0, 0.1) is 5.82 Å². The zero-order valence-electron chi connectivity index (χ0n) is 14.0. The van der Waals surface area contributed by atoms with Crippen molar-refractivity contribution >= 4 is 29.3 Å². The molecule has 0 aliphatic rings. The lowest BCUT2D eigenvalue weighted by atomic mass is 10.0. The highest BCUT2D eigenvalue weighted by Gasteiger charge is 2.20. The Morgan fingerprint density at radius 3 is 2.46 bits per heavy atom. The maximum absolute atomic E-state index is 13.7. The van der Waals surface area contributed by atoms with Crippen molar-refractivity contribution in [3.8, 4) is 0 Å². The molecule has 0 aliphatic heterocycles. The first kappa shape index (κ1) is 19.6. The summed E-state index contributed by atoms with van der Waals surface area (Å²) in [5.41, 5.74) is 0.558. The summed E-state index contributed by atoms with van der Waals surface area (Å²) in [4.78, 5) is 35.5. The van der Waals surface area contributed by atoms with Crippen molar-refractivity contribution in [2.24, 2.45) is 0 Å². The molecule has 2 aromatic carbocycles. The standard InChI is InChI=1S/C19H17ClFNO4/c1-12(23)17(9-13-5-3-2-4-6-13)22-18(24)11-26-19(25)15-8-7-14(20)10-16(15)21/h2-8,10,17H,9,11H2,1H3,(H,22,24)/t17-/m1/s1. The van der Waals surface area contributed by atoms with Crippen LogP contribution in [0.25, 0.3) is 0 Å². The maximum Gasteiger partial charge on any atom is 0.341 e. The molecule has 0 unspecified atom stereocenters. The van der Waals surface area contributed by atoms with Crippen LogP contribution in [0.5, 0.6) is 0 Å². The second-order valence-corrected chi connectivity index (χ2v) is 6.06. The van der Waals surface area contributed by atoms with Gasteiger partial charge in [0.25, 0.3) is 5.91 Å². The highest BCUT2D eigenvalue weighted by Crippen LogP contribution is 2.15. The highest BCUT2D eigenvalue weighted by molar-refractivity contribution is 6.30. The number of hydrogen-bond acceptors (Lipinski definition) is 4. The predicted octanol–water partition coefficient (Wildman–Crippen LogP) is 2.95. The summed E-state index contributed by atoms with van der Waals surface area (Å²) >= 11 is 5.61. The molecule has 0 heterocycles. The van der Waals surface area contributed by atoms with Gasteiger partial charge < -0.3 is 10.1 Å². The van der Waals surface area contributed by atoms with Gasteiger partial charge in [0.1, 0.15) is 5.82 Å². The number of carbonyl (C=O) groups excluding carboxylic acids is 3. The molecule has 0 radical (unpaired) electrons. The van der Waals surface area contributed by atoms with Crippen molar-refractivity contribution in [3.63, 3.8) is 0 Å². The van der Waals surface area contributed by atoms with E-state index in [-0.39, 0.29) is 16.4 Å². The number of carbonyl (C=O) groups is 3. The number of Topliss-reactive ketones (excluding diaryl/α,β-unsaturated/α-hetero) is 1. The van der Waals surface area contributed by atoms with Crippen molar-refractivity contribution in [1.82, 2.24) is 5.32 Å². The summed E-state index contributed by atoms with van der Waals surface area (Å²) in [6, 6.07) is 11.9. The van der Waals surface area contributed by atoms with Crippen LogP contribution in [0.15, 0.2) is 48.5 Å². The number of hydrogen-bond donors (Lipinski definition) is 1. The lowest BCUT2D eigenvalue weighted by Crippen LogP contribution is -2.43. The lowest BCUT2D eigenvalue weighted by molar-refractivity contribution is -0.128. The van der Waals surface area contributed by atoms with Gasteiger partial charge in [-0.05, 0) is 37.1 Å². The monoisotopic (exact) mass is 377 g/mol. The van der Waals surface area contributed by atoms with Gasteiger partial charge in [0, 0.05) is 5.02 Å². The molecule has 1 atom stereocenters. The predicted molar refractivity (Wildman–Crippen MR) is 94.5 cm³/mol. The van der Waals surface area contributed by atoms with Crippen molar-refractivity contribution < 1.29 is 23.5 Å². The SMILES string of the molecule is CC(=O)[C@@H](Cc1ccccc1)NC(=O)COC(=O)c1ccc(Cl)cc1F. The summed E-state index contributed by atoms with van der Waals surface area (Å²) in [5, 5.41) is 2.66. The zero-order chi connectivity index (χ0) is 19.1. The largest absolute Gasteiger partial charge is 0.452 e. The molecule has 2 aromatic rings. The Hall–Kier alpha value is -2.73. The molecule has 0 spiro atoms. The summed E-state index contributed by atoms with van der Waals surface area (Å²) < 4.78 is 18.4. The Kier molecular flexibility index (Phi) is 6.86. The maximum atomic E-state index is 13.7. The van der Waals surface area contributed by atoms with Gasteiger partial charge in [0.15, 0.2) is 12.4 Å². The van der Waals surface area contributed by atoms with Crippen LogP contribution in [0.3, 0.4) is 0 Å². The fraction of sp³-hybridized carbons (Fsp3) is 0.211. The smallest absolute Gasteiger partial charge is 0.341 e. The van der Waals surface area contributed by atoms with Crippen molar-refractivity contribution in [3.05, 3.63) is 70.5 Å². The number of halogens is 2. The number of esters is 1. The summed E-state index contributed by atoms with van der Waals surface area (Å²) in [6.45, 7) is 0.739. The Morgan fingerprint density at radius 2 is 1.85 bits per heavy atom. The van der Waals surface area contributed by atoms with Gasteiger partial charge in [0.05, 0.1) is 11.6 Å². The molecule has 0 saturated carbocycles. The van der Waals surface area contributed by atoms with E-state index in [1.165, 1.54) is 19.1 Å². The van der Waals surface area contributed by atoms with Gasteiger partial charge in [-0.2, -0.15) is 0 Å². The lowest BCUT2D eigenvalue weighted by Gasteiger charge is -2.16. The van der Waals surface area contributed by atoms with Crippen molar-refractivity contribution in [1.29, 1.82) is 0 Å². The number of ketones is 1. The van der Waals surface area contributed by atoms with Crippen LogP contribution in [-0.4, -0.2) is 30.3 Å². The first-order chi connectivity index (χ1) is 12.4. The molecule has 0 fully saturated rings. The van der Waals surface area contributed by atoms with Crippen LogP contribution < -0.4 is 5.32 Å². The second kappa shape index (κ2) is 9.10. The molecule has 5 nitrogen and oxygen atoms in total. The van der Waals surface area contributed by atoms with E-state index in [9.17, 15) is 18.8 Å². The molecule has 7 heteroatoms. The molecule has 26 heavy (non-hydrogen) atoms. The molecule has 0 aromatic heterocycles. The van der Waals surface area contributed by atoms with E-state index in [2.05, 4.69) is 5.32 Å². The molecular formula is C19H17ClFNO4. The van der Waals surface area contributed by atoms with E-state index >= 15 is 0 Å². The van der Waals surface area contributed by atoms with E-state index in [0.717, 1.165) is 11.6 Å². The number of amides is 1. The minimum absolute atomic E-state index is 0.141. The number of ether oxygens (including phenoxy) is 1. The Labute approximate surface area is 155 Å². The second-order valence-electron chi connectivity index (χ2n) is 5.62. The third-order valence-corrected chi connectivity index (χ3v) is 3.83. The Balaban J connectivity index is 1.91. The average molecular weight is 378 g/mol. The fourth-order valence-electron chi connectivity index (χ4n) is 2.25. The third kappa shape index (κ3) is 5.67. The van der Waals surface area contributed by atoms with Gasteiger partial charge in [-0.15, -0.1) is 0 Å². The average Bonchev–Trinajstić information content (AvgIpc) is 2.60. The summed E-state index contributed by atoms with van der Waals surface area (Å²) in [7, 11) is 0. The van der Waals surface area contributed by atoms with E-state index in [1.807, 2.05) is 30.3 Å². The van der Waals surface area contributed by atoms with Crippen molar-refractivity contribution in [2.75, 3.05) is 6.61 Å². The molecule has 0 saturated heterocycles. The van der Waals surface area contributed by atoms with E-state index in [0.29, 0.717) is 6.42 Å². The number of rotatable bonds is 7. The molecule has 0 aliphatic carbocycles. The van der Waals surface area contributed by atoms with Gasteiger partial charge in [0.2, 0.25) is 0 Å². The van der Waals surface area contributed by atoms with E-state index in [4.69, 9.17) is 16.3 Å². The quantitative estimate of drug-likeness (QED) is 0.753. The molecule has 2 rings (SSSR count). The number of benzene rings is 2. The van der Waals surface area contributed by atoms with Gasteiger partial charge in [-0.1, -0.05) is 41.9 Å². The highest BCUT2D eigenvalue weighted by atomic mass is 35.5. The first-order valence-corrected chi connectivity index (χ1v) is 8.20. The van der Waals surface area contributed by atoms with Crippen LogP contribution in [0.1, 0.15) is 22.8 Å². The first-order valence-electron chi connectivity index (χ1n) is 7.82. The summed E-state index contributed by atoms with van der Waals surface area (Å²) in [5.74, 6) is -2.70. The van der Waals surface area contributed by atoms with Crippen LogP contribution in [0.2, 0.25) is 5.02 Å². The minimum Gasteiger partial charge on any atom is -0.452 e. The van der Waals surface area contributed by atoms with Crippen LogP contribution in [-0.2, 0) is 20.7 Å². The zero-order valence-corrected chi connectivity index (χ0v) is 14.8. The summed E-state index contributed by atoms with van der Waals surface area (Å²) in [6.07, 6.45) is 0.321. The molecule has 0 bridgehead atoms. The van der Waals surface area contributed by atoms with Gasteiger partial charge in [-0.25, -0.2) is 9.18 Å². The van der Waals surface area contributed by atoms with Crippen LogP contribution in [0.4, 0.5) is 4.39 Å². The normalized spacial score (nSPS) is 11.5. The minimum atomic E-state index is -0.989. The topological polar surface area (TPSA) is 72.5 Å². The van der Waals surface area contributed by atoms with Gasteiger partial charge in [-0.3, -0.25) is 9.59 Å². The third-order valence-electron chi connectivity index (χ3n) is 3.59. The van der Waals surface area contributed by atoms with E-state index < -0.39 is 30.3 Å². The fourth-order valence-corrected chi connectivity index (χ4v) is 2.40. The van der Waals surface area contributed by atoms with E-state index in [1.54, 1.807) is 0 Å². The molecular weight excluding hydrogens is 361 g/mol. The Bertz CT molecular complexity index is 810. The van der Waals surface area contributed by atoms with Gasteiger partial charge >= 0.3 is 5.97 Å². The van der Waals surface area contributed by atoms with Crippen LogP contribution >= 0.6 is 11.6 Å². The number of nitrogens with one attached hydrogen (secondary N) is 1. The molecule has 136 valence electrons. The molecule has 1 amide bonds. The Morgan fingerprint density at radius 1 is 1.15 bits per heavy atom. The van der Waals surface area contributed by atoms with Crippen molar-refractivity contribution in [2.45, 2.75) is 19.4 Å².